The minimum atomic E-state index is -0.631. The third-order valence-corrected chi connectivity index (χ3v) is 4.59. The molecule has 1 amide bonds. The van der Waals surface area contributed by atoms with Gasteiger partial charge in [0.2, 0.25) is 6.10 Å². The fourth-order valence-electron chi connectivity index (χ4n) is 3.20. The van der Waals surface area contributed by atoms with Crippen molar-refractivity contribution in [2.75, 3.05) is 19.6 Å². The second-order valence-corrected chi connectivity index (χ2v) is 6.51. The van der Waals surface area contributed by atoms with Gasteiger partial charge in [-0.05, 0) is 50.4 Å². The van der Waals surface area contributed by atoms with Crippen molar-refractivity contribution in [3.8, 4) is 5.75 Å². The number of amides is 1. The molecule has 3 rings (SSSR count). The summed E-state index contributed by atoms with van der Waals surface area (Å²) in [6.07, 6.45) is 2.84. The highest BCUT2D eigenvalue weighted by Gasteiger charge is 2.22. The van der Waals surface area contributed by atoms with Crippen molar-refractivity contribution in [1.29, 1.82) is 0 Å². The van der Waals surface area contributed by atoms with Crippen molar-refractivity contribution in [2.45, 2.75) is 25.4 Å². The summed E-state index contributed by atoms with van der Waals surface area (Å²) in [7, 11) is 0. The number of hydrogen-bond donors (Lipinski definition) is 2. The van der Waals surface area contributed by atoms with Crippen molar-refractivity contribution in [2.24, 2.45) is 5.92 Å². The number of carbonyl (C=O) groups is 1. The van der Waals surface area contributed by atoms with E-state index in [1.165, 1.54) is 12.8 Å². The number of para-hydroxylation sites is 1. The number of nitrogens with one attached hydrogen (secondary N) is 2. The van der Waals surface area contributed by atoms with E-state index in [0.717, 1.165) is 25.1 Å². The van der Waals surface area contributed by atoms with E-state index < -0.39 is 6.10 Å². The molecule has 2 aromatic carbocycles. The van der Waals surface area contributed by atoms with Crippen LogP contribution < -0.4 is 15.4 Å². The van der Waals surface area contributed by atoms with E-state index in [1.807, 2.05) is 60.7 Å². The Balaban J connectivity index is 1.60. The molecule has 1 aliphatic heterocycles. The van der Waals surface area contributed by atoms with Crippen molar-refractivity contribution in [3.05, 3.63) is 66.2 Å². The van der Waals surface area contributed by atoms with Crippen molar-refractivity contribution in [3.63, 3.8) is 0 Å². The molecule has 1 aliphatic rings. The molecule has 2 aromatic rings. The highest BCUT2D eigenvalue weighted by molar-refractivity contribution is 5.82. The summed E-state index contributed by atoms with van der Waals surface area (Å²) in [6.45, 7) is 2.86. The molecule has 25 heavy (non-hydrogen) atoms. The molecule has 1 heterocycles. The molecule has 1 saturated heterocycles. The molecule has 2 N–H and O–H groups in total. The number of ether oxygens (including phenoxy) is 1. The Hall–Kier alpha value is -2.33. The summed E-state index contributed by atoms with van der Waals surface area (Å²) in [6, 6.07) is 19.1. The van der Waals surface area contributed by atoms with E-state index in [-0.39, 0.29) is 5.91 Å². The quantitative estimate of drug-likeness (QED) is 0.814. The van der Waals surface area contributed by atoms with Crippen LogP contribution in [0.15, 0.2) is 60.7 Å². The zero-order valence-electron chi connectivity index (χ0n) is 14.5. The van der Waals surface area contributed by atoms with Gasteiger partial charge in [0.25, 0.3) is 5.91 Å². The van der Waals surface area contributed by atoms with Crippen LogP contribution in [-0.4, -0.2) is 25.5 Å². The van der Waals surface area contributed by atoms with Crippen LogP contribution in [0.1, 0.15) is 30.9 Å². The minimum Gasteiger partial charge on any atom is -0.476 e. The van der Waals surface area contributed by atoms with Crippen LogP contribution in [0.3, 0.4) is 0 Å². The minimum absolute atomic E-state index is 0.0844. The zero-order valence-corrected chi connectivity index (χ0v) is 14.5. The Morgan fingerprint density at radius 3 is 2.52 bits per heavy atom. The lowest BCUT2D eigenvalue weighted by Crippen LogP contribution is -2.36. The lowest BCUT2D eigenvalue weighted by molar-refractivity contribution is -0.128. The molecule has 0 bridgehead atoms. The highest BCUT2D eigenvalue weighted by atomic mass is 16.5. The summed E-state index contributed by atoms with van der Waals surface area (Å²) in [4.78, 5) is 12.7. The van der Waals surface area contributed by atoms with Crippen molar-refractivity contribution in [1.82, 2.24) is 10.6 Å². The maximum absolute atomic E-state index is 12.7. The third kappa shape index (κ3) is 5.33. The number of carbonyl (C=O) groups excluding carboxylic acids is 1. The largest absolute Gasteiger partial charge is 0.476 e. The normalized spacial score (nSPS) is 18.3. The van der Waals surface area contributed by atoms with Gasteiger partial charge < -0.3 is 15.4 Å². The van der Waals surface area contributed by atoms with Crippen LogP contribution in [-0.2, 0) is 4.79 Å². The highest BCUT2D eigenvalue weighted by Crippen LogP contribution is 2.22. The van der Waals surface area contributed by atoms with Gasteiger partial charge in [-0.25, -0.2) is 0 Å². The number of piperidine rings is 1. The first kappa shape index (κ1) is 17.5. The van der Waals surface area contributed by atoms with Gasteiger partial charge in [0.1, 0.15) is 5.75 Å². The van der Waals surface area contributed by atoms with E-state index in [9.17, 15) is 4.79 Å². The smallest absolute Gasteiger partial charge is 0.265 e. The standard InChI is InChI=1S/C21H26N2O2/c24-21(23-15-13-17-8-7-14-22-16-17)20(18-9-3-1-4-10-18)25-19-11-5-2-6-12-19/h1-6,9-12,17,20,22H,7-8,13-16H2,(H,23,24). The van der Waals surface area contributed by atoms with Crippen LogP contribution in [0.4, 0.5) is 0 Å². The predicted molar refractivity (Wildman–Crippen MR) is 99.5 cm³/mol. The Labute approximate surface area is 149 Å². The summed E-state index contributed by atoms with van der Waals surface area (Å²) in [5.41, 5.74) is 0.864. The molecule has 4 heteroatoms. The van der Waals surface area contributed by atoms with Crippen LogP contribution in [0.25, 0.3) is 0 Å². The van der Waals surface area contributed by atoms with Gasteiger partial charge in [0.05, 0.1) is 0 Å². The lowest BCUT2D eigenvalue weighted by Gasteiger charge is -2.23. The number of benzene rings is 2. The number of hydrogen-bond acceptors (Lipinski definition) is 3. The zero-order chi connectivity index (χ0) is 17.3. The average Bonchev–Trinajstić information content (AvgIpc) is 2.68. The van der Waals surface area contributed by atoms with E-state index in [0.29, 0.717) is 18.2 Å². The summed E-state index contributed by atoms with van der Waals surface area (Å²) in [5.74, 6) is 1.26. The topological polar surface area (TPSA) is 50.4 Å². The molecule has 0 aliphatic carbocycles. The first-order chi connectivity index (χ1) is 12.3. The van der Waals surface area contributed by atoms with Crippen LogP contribution >= 0.6 is 0 Å². The molecule has 132 valence electrons. The fourth-order valence-corrected chi connectivity index (χ4v) is 3.20. The Morgan fingerprint density at radius 1 is 1.12 bits per heavy atom. The van der Waals surface area contributed by atoms with Gasteiger partial charge in [0.15, 0.2) is 0 Å². The lowest BCUT2D eigenvalue weighted by atomic mass is 9.96. The molecule has 2 unspecified atom stereocenters. The monoisotopic (exact) mass is 338 g/mol. The predicted octanol–water partition coefficient (Wildman–Crippen LogP) is 3.31. The van der Waals surface area contributed by atoms with Crippen LogP contribution in [0.5, 0.6) is 5.75 Å². The second kappa shape index (κ2) is 9.23. The van der Waals surface area contributed by atoms with Crippen LogP contribution in [0, 0.1) is 5.92 Å². The Bertz CT molecular complexity index is 639. The molecular weight excluding hydrogens is 312 g/mol. The van der Waals surface area contributed by atoms with E-state index in [1.54, 1.807) is 0 Å². The maximum Gasteiger partial charge on any atom is 0.265 e. The molecule has 0 saturated carbocycles. The SMILES string of the molecule is O=C(NCCC1CCCNC1)C(Oc1ccccc1)c1ccccc1. The maximum atomic E-state index is 12.7. The summed E-state index contributed by atoms with van der Waals surface area (Å²) in [5, 5.41) is 6.47. The third-order valence-electron chi connectivity index (χ3n) is 4.59. The van der Waals surface area contributed by atoms with E-state index in [4.69, 9.17) is 4.74 Å². The van der Waals surface area contributed by atoms with Crippen molar-refractivity contribution >= 4 is 5.91 Å². The summed E-state index contributed by atoms with van der Waals surface area (Å²) < 4.78 is 5.98. The van der Waals surface area contributed by atoms with Gasteiger partial charge in [-0.2, -0.15) is 0 Å². The molecule has 0 aromatic heterocycles. The first-order valence-electron chi connectivity index (χ1n) is 9.08. The van der Waals surface area contributed by atoms with E-state index in [2.05, 4.69) is 10.6 Å². The molecule has 0 radical (unpaired) electrons. The van der Waals surface area contributed by atoms with Gasteiger partial charge >= 0.3 is 0 Å². The van der Waals surface area contributed by atoms with E-state index >= 15 is 0 Å². The van der Waals surface area contributed by atoms with Gasteiger partial charge in [-0.3, -0.25) is 4.79 Å². The van der Waals surface area contributed by atoms with Gasteiger partial charge in [-0.1, -0.05) is 48.5 Å². The Kier molecular flexibility index (Phi) is 6.46. The second-order valence-electron chi connectivity index (χ2n) is 6.51. The number of rotatable bonds is 7. The molecule has 0 spiro atoms. The molecule has 1 fully saturated rings. The summed E-state index contributed by atoms with van der Waals surface area (Å²) >= 11 is 0. The van der Waals surface area contributed by atoms with Gasteiger partial charge in [-0.15, -0.1) is 0 Å². The first-order valence-corrected chi connectivity index (χ1v) is 9.08. The fraction of sp³-hybridized carbons (Fsp3) is 0.381. The average molecular weight is 338 g/mol. The molecule has 2 atom stereocenters. The molecular formula is C21H26N2O2. The van der Waals surface area contributed by atoms with Gasteiger partial charge in [0, 0.05) is 12.1 Å². The Morgan fingerprint density at radius 2 is 1.84 bits per heavy atom. The van der Waals surface area contributed by atoms with Crippen LogP contribution in [0.2, 0.25) is 0 Å². The molecule has 4 nitrogen and oxygen atoms in total. The van der Waals surface area contributed by atoms with Crippen molar-refractivity contribution < 1.29 is 9.53 Å².